The molecule has 0 fully saturated rings. The zero-order valence-corrected chi connectivity index (χ0v) is 12.1. The summed E-state index contributed by atoms with van der Waals surface area (Å²) in [6.45, 7) is 3.72. The van der Waals surface area contributed by atoms with Crippen molar-refractivity contribution in [2.45, 2.75) is 6.92 Å². The summed E-state index contributed by atoms with van der Waals surface area (Å²) in [6.07, 6.45) is 1.81. The van der Waals surface area contributed by atoms with Gasteiger partial charge in [-0.3, -0.25) is 4.99 Å². The van der Waals surface area contributed by atoms with Crippen LogP contribution in [0.5, 0.6) is 0 Å². The van der Waals surface area contributed by atoms with Crippen molar-refractivity contribution in [3.05, 3.63) is 27.3 Å². The van der Waals surface area contributed by atoms with Gasteiger partial charge in [-0.2, -0.15) is 0 Å². The van der Waals surface area contributed by atoms with Crippen LogP contribution >= 0.6 is 27.5 Å². The Hall–Kier alpha value is -1.20. The quantitative estimate of drug-likeness (QED) is 0.753. The lowest BCUT2D eigenvalue weighted by molar-refractivity contribution is 0.959. The third-order valence-corrected chi connectivity index (χ3v) is 3.90. The fraction of sp³-hybridized carbons (Fsp3) is 0.250. The second-order valence-electron chi connectivity index (χ2n) is 4.22. The molecule has 0 unspecified atom stereocenters. The number of aryl methyl sites for hydroxylation is 1. The van der Waals surface area contributed by atoms with Gasteiger partial charge in [0.1, 0.15) is 0 Å². The van der Waals surface area contributed by atoms with Crippen LogP contribution in [0.2, 0.25) is 5.02 Å². The molecule has 0 atom stereocenters. The average molecular weight is 328 g/mol. The van der Waals surface area contributed by atoms with E-state index in [0.717, 1.165) is 45.7 Å². The molecule has 0 spiro atoms. The highest BCUT2D eigenvalue weighted by Crippen LogP contribution is 2.37. The first-order valence-electron chi connectivity index (χ1n) is 5.68. The van der Waals surface area contributed by atoms with Gasteiger partial charge in [0.05, 0.1) is 22.8 Å². The molecule has 1 aromatic heterocycles. The number of nitrogens with zero attached hydrogens (tertiary/aromatic N) is 1. The number of fused-ring (bicyclic) bond motifs is 1. The van der Waals surface area contributed by atoms with Crippen LogP contribution in [0, 0.1) is 6.92 Å². The summed E-state index contributed by atoms with van der Waals surface area (Å²) in [5.41, 5.74) is 3.13. The number of aromatic amines is 1. The van der Waals surface area contributed by atoms with E-state index in [9.17, 15) is 0 Å². The Kier molecular flexibility index (Phi) is 2.95. The number of anilines is 1. The second kappa shape index (κ2) is 4.48. The molecule has 2 aromatic rings. The van der Waals surface area contributed by atoms with Gasteiger partial charge >= 0.3 is 0 Å². The molecule has 0 saturated heterocycles. The Morgan fingerprint density at radius 2 is 2.33 bits per heavy atom. The molecule has 0 aliphatic carbocycles. The fourth-order valence-corrected chi connectivity index (χ4v) is 3.02. The van der Waals surface area contributed by atoms with Crippen LogP contribution < -0.4 is 10.6 Å². The molecule has 0 bridgehead atoms. The maximum Gasteiger partial charge on any atom is 0.195 e. The van der Waals surface area contributed by atoms with Crippen LogP contribution in [0.3, 0.4) is 0 Å². The molecule has 3 N–H and O–H groups in total. The minimum atomic E-state index is 0.704. The van der Waals surface area contributed by atoms with E-state index in [-0.39, 0.29) is 0 Å². The summed E-state index contributed by atoms with van der Waals surface area (Å²) in [4.78, 5) is 7.53. The predicted octanol–water partition coefficient (Wildman–Crippen LogP) is 3.26. The minimum Gasteiger partial charge on any atom is -0.359 e. The van der Waals surface area contributed by atoms with E-state index in [1.807, 2.05) is 0 Å². The van der Waals surface area contributed by atoms with Crippen LogP contribution in [0.15, 0.2) is 21.7 Å². The van der Waals surface area contributed by atoms with Gasteiger partial charge in [-0.15, -0.1) is 0 Å². The minimum absolute atomic E-state index is 0.704. The molecule has 4 nitrogen and oxygen atoms in total. The zero-order valence-electron chi connectivity index (χ0n) is 9.77. The SMILES string of the molecule is Cc1cc(Br)c(NC2=NCCN2)c2c(Cl)c[nH]c12. The van der Waals surface area contributed by atoms with Crippen molar-refractivity contribution >= 4 is 50.1 Å². The van der Waals surface area contributed by atoms with Gasteiger partial charge in [-0.25, -0.2) is 0 Å². The highest BCUT2D eigenvalue weighted by molar-refractivity contribution is 9.10. The van der Waals surface area contributed by atoms with Crippen molar-refractivity contribution < 1.29 is 0 Å². The number of rotatable bonds is 1. The number of hydrogen-bond donors (Lipinski definition) is 3. The molecular weight excluding hydrogens is 316 g/mol. The summed E-state index contributed by atoms with van der Waals surface area (Å²) in [5.74, 6) is 0.790. The number of guanidine groups is 1. The molecule has 0 radical (unpaired) electrons. The van der Waals surface area contributed by atoms with E-state index < -0.39 is 0 Å². The van der Waals surface area contributed by atoms with E-state index in [4.69, 9.17) is 11.6 Å². The van der Waals surface area contributed by atoms with Crippen LogP contribution in [0.1, 0.15) is 5.56 Å². The Bertz CT molecular complexity index is 647. The molecule has 94 valence electrons. The van der Waals surface area contributed by atoms with Crippen LogP contribution in [0.25, 0.3) is 10.9 Å². The van der Waals surface area contributed by atoms with Crippen LogP contribution in [0.4, 0.5) is 5.69 Å². The lowest BCUT2D eigenvalue weighted by Gasteiger charge is -2.12. The van der Waals surface area contributed by atoms with Crippen molar-refractivity contribution in [3.63, 3.8) is 0 Å². The van der Waals surface area contributed by atoms with Gasteiger partial charge in [0.2, 0.25) is 0 Å². The number of nitrogens with one attached hydrogen (secondary N) is 3. The van der Waals surface area contributed by atoms with Crippen molar-refractivity contribution in [2.75, 3.05) is 18.4 Å². The number of aromatic nitrogens is 1. The number of hydrogen-bond acceptors (Lipinski definition) is 3. The third kappa shape index (κ3) is 1.87. The molecule has 6 heteroatoms. The van der Waals surface area contributed by atoms with E-state index in [1.54, 1.807) is 6.20 Å². The lowest BCUT2D eigenvalue weighted by atomic mass is 10.1. The Balaban J connectivity index is 2.17. The Morgan fingerprint density at radius 3 is 3.06 bits per heavy atom. The van der Waals surface area contributed by atoms with E-state index in [1.165, 1.54) is 0 Å². The number of aliphatic imine (C=N–C) groups is 1. The fourth-order valence-electron chi connectivity index (χ4n) is 2.13. The van der Waals surface area contributed by atoms with Crippen LogP contribution in [-0.4, -0.2) is 24.0 Å². The van der Waals surface area contributed by atoms with E-state index in [2.05, 4.69) is 49.5 Å². The van der Waals surface area contributed by atoms with Gasteiger partial charge < -0.3 is 15.6 Å². The summed E-state index contributed by atoms with van der Waals surface area (Å²) in [7, 11) is 0. The molecule has 1 aromatic carbocycles. The first-order valence-corrected chi connectivity index (χ1v) is 6.85. The highest BCUT2D eigenvalue weighted by atomic mass is 79.9. The van der Waals surface area contributed by atoms with Gasteiger partial charge in [-0.1, -0.05) is 11.6 Å². The summed E-state index contributed by atoms with van der Waals surface area (Å²) in [6, 6.07) is 2.06. The number of benzene rings is 1. The zero-order chi connectivity index (χ0) is 12.7. The maximum absolute atomic E-state index is 6.25. The predicted molar refractivity (Wildman–Crippen MR) is 79.7 cm³/mol. The highest BCUT2D eigenvalue weighted by Gasteiger charge is 2.15. The number of H-pyrrole nitrogens is 1. The van der Waals surface area contributed by atoms with Crippen LogP contribution in [-0.2, 0) is 0 Å². The first-order chi connectivity index (χ1) is 8.66. The van der Waals surface area contributed by atoms with E-state index in [0.29, 0.717) is 5.02 Å². The second-order valence-corrected chi connectivity index (χ2v) is 5.48. The Morgan fingerprint density at radius 1 is 1.50 bits per heavy atom. The lowest BCUT2D eigenvalue weighted by Crippen LogP contribution is -2.26. The molecule has 3 rings (SSSR count). The molecule has 18 heavy (non-hydrogen) atoms. The standard InChI is InChI=1S/C12H12BrClN4/c1-6-4-7(13)11(18-12-15-2-3-16-12)9-8(14)5-17-10(6)9/h4-5,17H,2-3H2,1H3,(H2,15,16,18). The van der Waals surface area contributed by atoms with Crippen molar-refractivity contribution in [2.24, 2.45) is 4.99 Å². The maximum atomic E-state index is 6.25. The summed E-state index contributed by atoms with van der Waals surface area (Å²) in [5, 5.41) is 8.17. The largest absolute Gasteiger partial charge is 0.359 e. The molecule has 0 amide bonds. The van der Waals surface area contributed by atoms with Gasteiger partial charge in [0.25, 0.3) is 0 Å². The first kappa shape index (κ1) is 11.9. The topological polar surface area (TPSA) is 52.2 Å². The third-order valence-electron chi connectivity index (χ3n) is 2.98. The van der Waals surface area contributed by atoms with Gasteiger partial charge in [0.15, 0.2) is 5.96 Å². The van der Waals surface area contributed by atoms with Crippen molar-refractivity contribution in [1.29, 1.82) is 0 Å². The van der Waals surface area contributed by atoms with E-state index >= 15 is 0 Å². The Labute approximate surface area is 118 Å². The molecular formula is C12H12BrClN4. The molecule has 1 aliphatic rings. The monoisotopic (exact) mass is 326 g/mol. The smallest absolute Gasteiger partial charge is 0.195 e. The van der Waals surface area contributed by atoms with Crippen molar-refractivity contribution in [3.8, 4) is 0 Å². The molecule has 0 saturated carbocycles. The van der Waals surface area contributed by atoms with Gasteiger partial charge in [-0.05, 0) is 34.5 Å². The normalized spacial score (nSPS) is 14.7. The average Bonchev–Trinajstić information content (AvgIpc) is 2.94. The summed E-state index contributed by atoms with van der Waals surface area (Å²) < 4.78 is 0.977. The number of halogens is 2. The molecule has 1 aliphatic heterocycles. The van der Waals surface area contributed by atoms with Crippen molar-refractivity contribution in [1.82, 2.24) is 10.3 Å². The summed E-state index contributed by atoms with van der Waals surface area (Å²) >= 11 is 9.83. The van der Waals surface area contributed by atoms with Gasteiger partial charge in [0, 0.05) is 22.6 Å². The molecule has 2 heterocycles.